The molecule has 0 radical (unpaired) electrons. The van der Waals surface area contributed by atoms with Gasteiger partial charge in [0, 0.05) is 24.5 Å². The summed E-state index contributed by atoms with van der Waals surface area (Å²) >= 11 is 0. The van der Waals surface area contributed by atoms with E-state index in [1.807, 2.05) is 24.3 Å². The predicted octanol–water partition coefficient (Wildman–Crippen LogP) is 4.16. The van der Waals surface area contributed by atoms with Crippen molar-refractivity contribution in [3.8, 4) is 11.1 Å². The summed E-state index contributed by atoms with van der Waals surface area (Å²) in [6.45, 7) is 0.822. The fourth-order valence-electron chi connectivity index (χ4n) is 5.97. The van der Waals surface area contributed by atoms with Crippen LogP contribution in [0.3, 0.4) is 0 Å². The first-order valence-corrected chi connectivity index (χ1v) is 12.2. The first-order valence-electron chi connectivity index (χ1n) is 12.2. The summed E-state index contributed by atoms with van der Waals surface area (Å²) in [5, 5.41) is 12.1. The Morgan fingerprint density at radius 2 is 1.62 bits per heavy atom. The molecular weight excluding hydrogens is 432 g/mol. The molecule has 7 nitrogen and oxygen atoms in total. The number of hydrogen-bond acceptors (Lipinski definition) is 4. The number of amides is 2. The zero-order valence-electron chi connectivity index (χ0n) is 19.1. The molecule has 0 spiro atoms. The van der Waals surface area contributed by atoms with E-state index in [0.717, 1.165) is 36.8 Å². The maximum atomic E-state index is 13.2. The van der Waals surface area contributed by atoms with Crippen molar-refractivity contribution in [1.29, 1.82) is 0 Å². The van der Waals surface area contributed by atoms with Gasteiger partial charge < -0.3 is 20.1 Å². The van der Waals surface area contributed by atoms with Crippen molar-refractivity contribution in [2.24, 2.45) is 5.92 Å². The van der Waals surface area contributed by atoms with Crippen LogP contribution in [0.4, 0.5) is 4.79 Å². The molecule has 178 valence electrons. The first-order chi connectivity index (χ1) is 16.5. The number of ether oxygens (including phenoxy) is 1. The topological polar surface area (TPSA) is 95.9 Å². The highest BCUT2D eigenvalue weighted by molar-refractivity contribution is 5.82. The van der Waals surface area contributed by atoms with Crippen molar-refractivity contribution in [2.45, 2.75) is 56.5 Å². The summed E-state index contributed by atoms with van der Waals surface area (Å²) < 4.78 is 5.68. The van der Waals surface area contributed by atoms with E-state index < -0.39 is 12.1 Å². The first kappa shape index (κ1) is 22.4. The Morgan fingerprint density at radius 1 is 0.941 bits per heavy atom. The van der Waals surface area contributed by atoms with Crippen molar-refractivity contribution in [1.82, 2.24) is 10.2 Å². The minimum atomic E-state index is -0.885. The van der Waals surface area contributed by atoms with Gasteiger partial charge in [0.15, 0.2) is 0 Å². The monoisotopic (exact) mass is 462 g/mol. The second-order valence-electron chi connectivity index (χ2n) is 9.54. The Labute approximate surface area is 199 Å². The molecule has 1 heterocycles. The molecule has 1 saturated carbocycles. The highest BCUT2D eigenvalue weighted by Gasteiger charge is 2.40. The van der Waals surface area contributed by atoms with Gasteiger partial charge in [0.1, 0.15) is 6.61 Å². The van der Waals surface area contributed by atoms with Crippen LogP contribution in [0.2, 0.25) is 0 Å². The second kappa shape index (κ2) is 9.49. The van der Waals surface area contributed by atoms with E-state index in [-0.39, 0.29) is 42.9 Å². The highest BCUT2D eigenvalue weighted by Crippen LogP contribution is 2.44. The van der Waals surface area contributed by atoms with E-state index in [1.165, 1.54) is 11.1 Å². The van der Waals surface area contributed by atoms with Crippen molar-refractivity contribution in [2.75, 3.05) is 13.2 Å². The fourth-order valence-corrected chi connectivity index (χ4v) is 5.97. The number of carbonyl (C=O) groups is 3. The molecule has 1 aliphatic heterocycles. The number of likely N-dealkylation sites (tertiary alicyclic amines) is 1. The smallest absolute Gasteiger partial charge is 0.407 e. The minimum Gasteiger partial charge on any atom is -0.481 e. The number of nitrogens with one attached hydrogen (secondary N) is 1. The highest BCUT2D eigenvalue weighted by atomic mass is 16.5. The van der Waals surface area contributed by atoms with Crippen LogP contribution in [0, 0.1) is 5.92 Å². The van der Waals surface area contributed by atoms with Crippen molar-refractivity contribution < 1.29 is 24.2 Å². The molecule has 3 aliphatic rings. The lowest BCUT2D eigenvalue weighted by atomic mass is 9.98. The molecule has 5 rings (SSSR count). The zero-order valence-corrected chi connectivity index (χ0v) is 19.1. The Kier molecular flexibility index (Phi) is 6.26. The van der Waals surface area contributed by atoms with Gasteiger partial charge in [0.05, 0.1) is 12.3 Å². The van der Waals surface area contributed by atoms with Gasteiger partial charge in [-0.25, -0.2) is 4.79 Å². The molecule has 3 atom stereocenters. The quantitative estimate of drug-likeness (QED) is 0.672. The second-order valence-corrected chi connectivity index (χ2v) is 9.54. The van der Waals surface area contributed by atoms with Crippen LogP contribution in [0.5, 0.6) is 0 Å². The number of carboxylic acids is 1. The third kappa shape index (κ3) is 4.27. The molecule has 0 bridgehead atoms. The maximum Gasteiger partial charge on any atom is 0.407 e. The standard InChI is InChI=1S/C27H30N2O5/c30-25(31)15-17-7-6-14-29(17)26(32)22-12-5-13-24(22)28-27(33)34-16-23-20-10-3-1-8-18(20)19-9-2-4-11-21(19)23/h1-4,8-11,17,22-24H,5-7,12-16H2,(H,28,33)(H,30,31)/t17-,22+,24-/m1/s1. The van der Waals surface area contributed by atoms with Gasteiger partial charge in [0.25, 0.3) is 0 Å². The Balaban J connectivity index is 1.21. The predicted molar refractivity (Wildman–Crippen MR) is 126 cm³/mol. The number of carboxylic acid groups (broad SMARTS) is 1. The molecule has 2 fully saturated rings. The van der Waals surface area contributed by atoms with Gasteiger partial charge in [-0.05, 0) is 47.9 Å². The van der Waals surface area contributed by atoms with Crippen molar-refractivity contribution in [3.63, 3.8) is 0 Å². The fraction of sp³-hybridized carbons (Fsp3) is 0.444. The molecule has 1 saturated heterocycles. The number of hydrogen-bond donors (Lipinski definition) is 2. The van der Waals surface area contributed by atoms with E-state index in [4.69, 9.17) is 9.84 Å². The molecule has 2 aromatic carbocycles. The van der Waals surface area contributed by atoms with Crippen LogP contribution in [0.1, 0.15) is 55.6 Å². The van der Waals surface area contributed by atoms with Gasteiger partial charge >= 0.3 is 12.1 Å². The van der Waals surface area contributed by atoms with Crippen LogP contribution >= 0.6 is 0 Å². The lowest BCUT2D eigenvalue weighted by Gasteiger charge is -2.29. The van der Waals surface area contributed by atoms with Gasteiger partial charge in [-0.2, -0.15) is 0 Å². The molecule has 2 aliphatic carbocycles. The van der Waals surface area contributed by atoms with Gasteiger partial charge in [-0.15, -0.1) is 0 Å². The summed E-state index contributed by atoms with van der Waals surface area (Å²) in [5.74, 6) is -1.26. The normalized spacial score (nSPS) is 23.4. The van der Waals surface area contributed by atoms with Gasteiger partial charge in [0.2, 0.25) is 5.91 Å². The van der Waals surface area contributed by atoms with Crippen LogP contribution in [0.15, 0.2) is 48.5 Å². The van der Waals surface area contributed by atoms with E-state index in [2.05, 4.69) is 29.6 Å². The average Bonchev–Trinajstić information content (AvgIpc) is 3.55. The molecule has 34 heavy (non-hydrogen) atoms. The number of rotatable bonds is 6. The summed E-state index contributed by atoms with van der Waals surface area (Å²) in [6, 6.07) is 15.9. The van der Waals surface area contributed by atoms with Gasteiger partial charge in [-0.1, -0.05) is 55.0 Å². The number of benzene rings is 2. The van der Waals surface area contributed by atoms with E-state index in [9.17, 15) is 14.4 Å². The molecule has 2 N–H and O–H groups in total. The Hall–Kier alpha value is -3.35. The SMILES string of the molecule is O=C(O)C[C@H]1CCCN1C(=O)[C@H]1CCC[C@H]1NC(=O)OCC1c2ccccc2-c2ccccc21. The minimum absolute atomic E-state index is 0.0134. The summed E-state index contributed by atoms with van der Waals surface area (Å²) in [7, 11) is 0. The third-order valence-corrected chi connectivity index (χ3v) is 7.55. The number of aliphatic carboxylic acids is 1. The Bertz CT molecular complexity index is 1050. The molecule has 2 amide bonds. The largest absolute Gasteiger partial charge is 0.481 e. The van der Waals surface area contributed by atoms with Crippen LogP contribution < -0.4 is 5.32 Å². The molecule has 2 aromatic rings. The molecule has 0 aromatic heterocycles. The average molecular weight is 463 g/mol. The zero-order chi connectivity index (χ0) is 23.7. The third-order valence-electron chi connectivity index (χ3n) is 7.55. The maximum absolute atomic E-state index is 13.2. The summed E-state index contributed by atoms with van der Waals surface area (Å²) in [6.07, 6.45) is 3.28. The molecule has 0 unspecified atom stereocenters. The number of carbonyl (C=O) groups excluding carboxylic acids is 2. The number of alkyl carbamates (subject to hydrolysis) is 1. The van der Waals surface area contributed by atoms with E-state index in [0.29, 0.717) is 13.0 Å². The number of fused-ring (bicyclic) bond motifs is 3. The summed E-state index contributed by atoms with van der Waals surface area (Å²) in [5.41, 5.74) is 4.66. The van der Waals surface area contributed by atoms with Crippen molar-refractivity contribution in [3.05, 3.63) is 59.7 Å². The van der Waals surface area contributed by atoms with Crippen molar-refractivity contribution >= 4 is 18.0 Å². The van der Waals surface area contributed by atoms with Crippen LogP contribution in [0.25, 0.3) is 11.1 Å². The Morgan fingerprint density at radius 3 is 2.29 bits per heavy atom. The molecule has 7 heteroatoms. The number of nitrogens with zero attached hydrogens (tertiary/aromatic N) is 1. The summed E-state index contributed by atoms with van der Waals surface area (Å²) in [4.78, 5) is 38.9. The van der Waals surface area contributed by atoms with Gasteiger partial charge in [-0.3, -0.25) is 9.59 Å². The van der Waals surface area contributed by atoms with Crippen LogP contribution in [-0.2, 0) is 14.3 Å². The van der Waals surface area contributed by atoms with E-state index >= 15 is 0 Å². The van der Waals surface area contributed by atoms with Crippen LogP contribution in [-0.4, -0.2) is 53.2 Å². The lowest BCUT2D eigenvalue weighted by molar-refractivity contribution is -0.141. The lowest BCUT2D eigenvalue weighted by Crippen LogP contribution is -2.47. The van der Waals surface area contributed by atoms with E-state index in [1.54, 1.807) is 4.90 Å². The molecular formula is C27H30N2O5.